The summed E-state index contributed by atoms with van der Waals surface area (Å²) in [6.45, 7) is 1.85. The summed E-state index contributed by atoms with van der Waals surface area (Å²) in [4.78, 5) is 12.0. The highest BCUT2D eigenvalue weighted by molar-refractivity contribution is 5.95. The number of fused-ring (bicyclic) bond motifs is 1. The van der Waals surface area contributed by atoms with Crippen LogP contribution in [0.4, 0.5) is 0 Å². The van der Waals surface area contributed by atoms with Crippen LogP contribution >= 0.6 is 0 Å². The smallest absolute Gasteiger partial charge is 0.202 e. The molecule has 1 heterocycles. The Balaban J connectivity index is 1.78. The third-order valence-corrected chi connectivity index (χ3v) is 3.54. The molecule has 0 radical (unpaired) electrons. The highest BCUT2D eigenvalue weighted by atomic mass is 16.3. The molecule has 0 spiro atoms. The first-order valence-electron chi connectivity index (χ1n) is 6.43. The van der Waals surface area contributed by atoms with Crippen molar-refractivity contribution in [1.82, 2.24) is 0 Å². The molecular weight excluding hydrogens is 224 g/mol. The van der Waals surface area contributed by atoms with Crippen LogP contribution in [0.2, 0.25) is 0 Å². The van der Waals surface area contributed by atoms with Crippen molar-refractivity contribution in [3.63, 3.8) is 0 Å². The fraction of sp³-hybridized carbons (Fsp3) is 0.312. The first-order valence-corrected chi connectivity index (χ1v) is 6.43. The van der Waals surface area contributed by atoms with Gasteiger partial charge in [-0.15, -0.1) is 0 Å². The molecule has 0 saturated heterocycles. The standard InChI is InChI=1S/C16H16O2/c1-11-5-8-16(18-11)15(17)10-12-6-7-13-3-2-4-14(13)9-12/h5-9H,2-4,10H2,1H3. The maximum atomic E-state index is 12.0. The maximum absolute atomic E-state index is 12.0. The molecule has 0 aliphatic heterocycles. The monoisotopic (exact) mass is 240 g/mol. The summed E-state index contributed by atoms with van der Waals surface area (Å²) < 4.78 is 5.36. The Morgan fingerprint density at radius 1 is 1.17 bits per heavy atom. The van der Waals surface area contributed by atoms with Gasteiger partial charge in [-0.1, -0.05) is 18.2 Å². The van der Waals surface area contributed by atoms with E-state index in [0.717, 1.165) is 17.7 Å². The van der Waals surface area contributed by atoms with E-state index in [2.05, 4.69) is 18.2 Å². The number of hydrogen-bond donors (Lipinski definition) is 0. The molecule has 0 unspecified atom stereocenters. The van der Waals surface area contributed by atoms with Crippen molar-refractivity contribution in [1.29, 1.82) is 0 Å². The van der Waals surface area contributed by atoms with E-state index in [1.54, 1.807) is 6.07 Å². The van der Waals surface area contributed by atoms with Crippen LogP contribution in [0.15, 0.2) is 34.7 Å². The minimum atomic E-state index is 0.0565. The Morgan fingerprint density at radius 3 is 2.78 bits per heavy atom. The molecule has 3 rings (SSSR count). The number of carbonyl (C=O) groups is 1. The second-order valence-electron chi connectivity index (χ2n) is 4.97. The van der Waals surface area contributed by atoms with Crippen LogP contribution in [0.3, 0.4) is 0 Å². The third kappa shape index (κ3) is 2.10. The van der Waals surface area contributed by atoms with E-state index in [-0.39, 0.29) is 5.78 Å². The van der Waals surface area contributed by atoms with E-state index in [0.29, 0.717) is 12.2 Å². The van der Waals surface area contributed by atoms with Crippen LogP contribution in [-0.2, 0) is 19.3 Å². The topological polar surface area (TPSA) is 30.2 Å². The highest BCUT2D eigenvalue weighted by Gasteiger charge is 2.14. The van der Waals surface area contributed by atoms with Crippen LogP contribution in [-0.4, -0.2) is 5.78 Å². The Morgan fingerprint density at radius 2 is 2.00 bits per heavy atom. The number of furan rings is 1. The molecule has 0 amide bonds. The van der Waals surface area contributed by atoms with E-state index in [4.69, 9.17) is 4.42 Å². The summed E-state index contributed by atoms with van der Waals surface area (Å²) in [6.07, 6.45) is 4.00. The summed E-state index contributed by atoms with van der Waals surface area (Å²) in [6, 6.07) is 9.99. The molecule has 0 atom stereocenters. The van der Waals surface area contributed by atoms with Gasteiger partial charge in [0.15, 0.2) is 5.76 Å². The van der Waals surface area contributed by atoms with Crippen LogP contribution in [0.1, 0.15) is 39.4 Å². The molecule has 0 bridgehead atoms. The molecule has 1 aromatic carbocycles. The molecule has 0 N–H and O–H groups in total. The number of carbonyl (C=O) groups excluding carboxylic acids is 1. The van der Waals surface area contributed by atoms with E-state index < -0.39 is 0 Å². The Kier molecular flexibility index (Phi) is 2.78. The van der Waals surface area contributed by atoms with Crippen molar-refractivity contribution in [3.05, 3.63) is 58.5 Å². The number of aryl methyl sites for hydroxylation is 3. The number of hydrogen-bond acceptors (Lipinski definition) is 2. The lowest BCUT2D eigenvalue weighted by Crippen LogP contribution is -2.02. The predicted molar refractivity (Wildman–Crippen MR) is 69.9 cm³/mol. The molecule has 1 aromatic heterocycles. The predicted octanol–water partition coefficient (Wildman–Crippen LogP) is 3.50. The zero-order valence-corrected chi connectivity index (χ0v) is 10.5. The fourth-order valence-corrected chi connectivity index (χ4v) is 2.59. The lowest BCUT2D eigenvalue weighted by atomic mass is 10.0. The van der Waals surface area contributed by atoms with Crippen LogP contribution in [0, 0.1) is 6.92 Å². The van der Waals surface area contributed by atoms with E-state index in [1.807, 2.05) is 13.0 Å². The van der Waals surface area contributed by atoms with Gasteiger partial charge in [0, 0.05) is 6.42 Å². The van der Waals surface area contributed by atoms with Gasteiger partial charge >= 0.3 is 0 Å². The van der Waals surface area contributed by atoms with Crippen molar-refractivity contribution in [2.75, 3.05) is 0 Å². The van der Waals surface area contributed by atoms with Crippen molar-refractivity contribution in [2.24, 2.45) is 0 Å². The second kappa shape index (κ2) is 4.45. The first kappa shape index (κ1) is 11.3. The molecule has 0 saturated carbocycles. The average molecular weight is 240 g/mol. The molecule has 0 fully saturated rings. The van der Waals surface area contributed by atoms with Gasteiger partial charge < -0.3 is 4.42 Å². The van der Waals surface area contributed by atoms with Crippen molar-refractivity contribution < 1.29 is 9.21 Å². The molecule has 2 aromatic rings. The summed E-state index contributed by atoms with van der Waals surface area (Å²) in [5, 5.41) is 0. The van der Waals surface area contributed by atoms with Gasteiger partial charge in [0.2, 0.25) is 5.78 Å². The minimum absolute atomic E-state index is 0.0565. The lowest BCUT2D eigenvalue weighted by Gasteiger charge is -2.03. The van der Waals surface area contributed by atoms with Crippen molar-refractivity contribution in [2.45, 2.75) is 32.6 Å². The molecule has 18 heavy (non-hydrogen) atoms. The number of ketones is 1. The summed E-state index contributed by atoms with van der Waals surface area (Å²) in [5.41, 5.74) is 3.95. The largest absolute Gasteiger partial charge is 0.458 e. The second-order valence-corrected chi connectivity index (χ2v) is 4.97. The lowest BCUT2D eigenvalue weighted by molar-refractivity contribution is 0.0965. The SMILES string of the molecule is Cc1ccc(C(=O)Cc2ccc3c(c2)CCC3)o1. The highest BCUT2D eigenvalue weighted by Crippen LogP contribution is 2.23. The Hall–Kier alpha value is -1.83. The fourth-order valence-electron chi connectivity index (χ4n) is 2.59. The van der Waals surface area contributed by atoms with Gasteiger partial charge in [-0.25, -0.2) is 0 Å². The van der Waals surface area contributed by atoms with Crippen molar-refractivity contribution >= 4 is 5.78 Å². The number of rotatable bonds is 3. The zero-order valence-electron chi connectivity index (χ0n) is 10.5. The molecular formula is C16H16O2. The van der Waals surface area contributed by atoms with Gasteiger partial charge in [-0.2, -0.15) is 0 Å². The summed E-state index contributed by atoms with van der Waals surface area (Å²) in [7, 11) is 0. The zero-order chi connectivity index (χ0) is 12.5. The van der Waals surface area contributed by atoms with E-state index >= 15 is 0 Å². The van der Waals surface area contributed by atoms with E-state index in [9.17, 15) is 4.79 Å². The molecule has 1 aliphatic carbocycles. The minimum Gasteiger partial charge on any atom is -0.458 e. The van der Waals surface area contributed by atoms with Gasteiger partial charge in [-0.05, 0) is 55.0 Å². The normalized spacial score (nSPS) is 13.6. The van der Waals surface area contributed by atoms with Crippen LogP contribution < -0.4 is 0 Å². The molecule has 1 aliphatic rings. The summed E-state index contributed by atoms with van der Waals surface area (Å²) >= 11 is 0. The number of Topliss-reactive ketones (excluding diaryl/α,β-unsaturated/α-hetero) is 1. The van der Waals surface area contributed by atoms with Gasteiger partial charge in [0.05, 0.1) is 0 Å². The maximum Gasteiger partial charge on any atom is 0.202 e. The van der Waals surface area contributed by atoms with Crippen LogP contribution in [0.5, 0.6) is 0 Å². The molecule has 2 heteroatoms. The summed E-state index contributed by atoms with van der Waals surface area (Å²) in [5.74, 6) is 1.31. The Labute approximate surface area is 107 Å². The van der Waals surface area contributed by atoms with Gasteiger partial charge in [0.25, 0.3) is 0 Å². The first-order chi connectivity index (χ1) is 8.72. The molecule has 92 valence electrons. The van der Waals surface area contributed by atoms with Crippen LogP contribution in [0.25, 0.3) is 0 Å². The van der Waals surface area contributed by atoms with Gasteiger partial charge in [-0.3, -0.25) is 4.79 Å². The quantitative estimate of drug-likeness (QED) is 0.768. The molecule has 2 nitrogen and oxygen atoms in total. The third-order valence-electron chi connectivity index (χ3n) is 3.54. The number of benzene rings is 1. The van der Waals surface area contributed by atoms with Gasteiger partial charge in [0.1, 0.15) is 5.76 Å². The van der Waals surface area contributed by atoms with E-state index in [1.165, 1.54) is 24.0 Å². The van der Waals surface area contributed by atoms with Crippen molar-refractivity contribution in [3.8, 4) is 0 Å². The Bertz CT molecular complexity index is 593. The average Bonchev–Trinajstić information content (AvgIpc) is 2.96.